The van der Waals surface area contributed by atoms with Gasteiger partial charge in [0.1, 0.15) is 24.1 Å². The van der Waals surface area contributed by atoms with Crippen molar-refractivity contribution in [3.05, 3.63) is 22.7 Å². The van der Waals surface area contributed by atoms with Crippen LogP contribution in [0.5, 0.6) is 0 Å². The van der Waals surface area contributed by atoms with E-state index in [1.807, 2.05) is 0 Å². The molecule has 0 aromatic carbocycles. The van der Waals surface area contributed by atoms with Gasteiger partial charge in [0.05, 0.1) is 6.61 Å². The first-order chi connectivity index (χ1) is 13.6. The zero-order chi connectivity index (χ0) is 21.8. The van der Waals surface area contributed by atoms with E-state index in [0.29, 0.717) is 6.61 Å². The molecule has 1 aromatic rings. The van der Waals surface area contributed by atoms with Gasteiger partial charge in [-0.25, -0.2) is 4.79 Å². The van der Waals surface area contributed by atoms with E-state index >= 15 is 0 Å². The van der Waals surface area contributed by atoms with E-state index in [9.17, 15) is 9.90 Å². The second-order valence-corrected chi connectivity index (χ2v) is 17.5. The number of nitrogens with two attached hydrogens (primary N) is 1. The van der Waals surface area contributed by atoms with Crippen LogP contribution in [-0.4, -0.2) is 56.2 Å². The van der Waals surface area contributed by atoms with Crippen molar-refractivity contribution in [2.75, 3.05) is 12.3 Å². The van der Waals surface area contributed by atoms with E-state index in [-0.39, 0.29) is 5.82 Å². The van der Waals surface area contributed by atoms with Crippen molar-refractivity contribution in [1.29, 1.82) is 0 Å². The molecule has 4 atom stereocenters. The van der Waals surface area contributed by atoms with E-state index in [1.54, 1.807) is 0 Å². The Kier molecular flexibility index (Phi) is 8.22. The van der Waals surface area contributed by atoms with E-state index in [1.165, 1.54) is 16.8 Å². The largest absolute Gasteiger partial charge is 0.414 e. The Hall–Kier alpha value is -1.05. The van der Waals surface area contributed by atoms with Crippen LogP contribution in [0.15, 0.2) is 17.1 Å². The topological polar surface area (TPSA) is 109 Å². The van der Waals surface area contributed by atoms with Crippen LogP contribution in [0.1, 0.15) is 33.9 Å². The fourth-order valence-electron chi connectivity index (χ4n) is 3.33. The van der Waals surface area contributed by atoms with Crippen molar-refractivity contribution in [1.82, 2.24) is 9.55 Å². The Morgan fingerprint density at radius 1 is 1.17 bits per heavy atom. The minimum absolute atomic E-state index is 0.135. The maximum Gasteiger partial charge on any atom is 0.351 e. The molecule has 0 saturated carbocycles. The molecular formula is C19H37N3O5Si2. The molecule has 0 bridgehead atoms. The standard InChI is InChI=1S/C19H37N3O5Si2/c1-7-28(5,8-2)25-13-14-17(27-29(6,9-3)10-4)16(23)18(26-14)22-12-11-15(20)21-19(22)24/h11-12,14,16-18,23H,7-10,13H2,1-6H3,(H2,20,21,24). The molecule has 1 aliphatic heterocycles. The predicted octanol–water partition coefficient (Wildman–Crippen LogP) is 2.72. The van der Waals surface area contributed by atoms with Crippen LogP contribution in [0.4, 0.5) is 5.82 Å². The Morgan fingerprint density at radius 2 is 1.76 bits per heavy atom. The van der Waals surface area contributed by atoms with Gasteiger partial charge in [-0.1, -0.05) is 27.7 Å². The Bertz CT molecular complexity index is 724. The predicted molar refractivity (Wildman–Crippen MR) is 119 cm³/mol. The molecule has 29 heavy (non-hydrogen) atoms. The molecule has 0 amide bonds. The summed E-state index contributed by atoms with van der Waals surface area (Å²) < 4.78 is 20.3. The summed E-state index contributed by atoms with van der Waals surface area (Å²) in [5, 5.41) is 11.1. The number of aromatic nitrogens is 2. The summed E-state index contributed by atoms with van der Waals surface area (Å²) in [5.74, 6) is 0.135. The number of hydrogen-bond acceptors (Lipinski definition) is 7. The van der Waals surface area contributed by atoms with Crippen LogP contribution in [0, 0.1) is 0 Å². The molecule has 3 N–H and O–H groups in total. The van der Waals surface area contributed by atoms with Crippen molar-refractivity contribution in [3.8, 4) is 0 Å². The highest BCUT2D eigenvalue weighted by atomic mass is 28.4. The van der Waals surface area contributed by atoms with Gasteiger partial charge in [-0.2, -0.15) is 4.98 Å². The van der Waals surface area contributed by atoms with Crippen molar-refractivity contribution in [3.63, 3.8) is 0 Å². The third-order valence-corrected chi connectivity index (χ3v) is 14.1. The number of rotatable bonds is 10. The van der Waals surface area contributed by atoms with Gasteiger partial charge in [0.2, 0.25) is 0 Å². The van der Waals surface area contributed by atoms with Crippen LogP contribution in [-0.2, 0) is 13.6 Å². The Labute approximate surface area is 175 Å². The molecular weight excluding hydrogens is 406 g/mol. The van der Waals surface area contributed by atoms with Crippen LogP contribution in [0.25, 0.3) is 0 Å². The first-order valence-corrected chi connectivity index (χ1v) is 16.3. The maximum absolute atomic E-state index is 12.3. The molecule has 1 aromatic heterocycles. The summed E-state index contributed by atoms with van der Waals surface area (Å²) in [6, 6.07) is 5.40. The summed E-state index contributed by atoms with van der Waals surface area (Å²) in [6.45, 7) is 13.2. The maximum atomic E-state index is 12.3. The fraction of sp³-hybridized carbons (Fsp3) is 0.789. The number of aliphatic hydroxyl groups excluding tert-OH is 1. The van der Waals surface area contributed by atoms with Gasteiger partial charge in [-0.05, 0) is 43.3 Å². The normalized spacial score (nSPS) is 25.5. The van der Waals surface area contributed by atoms with Crippen molar-refractivity contribution in [2.24, 2.45) is 0 Å². The van der Waals surface area contributed by atoms with E-state index < -0.39 is 46.9 Å². The molecule has 0 radical (unpaired) electrons. The minimum atomic E-state index is -2.00. The Morgan fingerprint density at radius 3 is 2.28 bits per heavy atom. The first-order valence-electron chi connectivity index (χ1n) is 10.6. The lowest BCUT2D eigenvalue weighted by Crippen LogP contribution is -2.47. The second kappa shape index (κ2) is 9.84. The summed E-state index contributed by atoms with van der Waals surface area (Å²) in [5.41, 5.74) is 5.04. The summed E-state index contributed by atoms with van der Waals surface area (Å²) >= 11 is 0. The molecule has 2 heterocycles. The van der Waals surface area contributed by atoms with Gasteiger partial charge in [0.15, 0.2) is 22.9 Å². The molecule has 4 unspecified atom stereocenters. The third-order valence-electron chi connectivity index (χ3n) is 6.44. The zero-order valence-corrected chi connectivity index (χ0v) is 20.6. The lowest BCUT2D eigenvalue weighted by molar-refractivity contribution is -0.0524. The molecule has 8 nitrogen and oxygen atoms in total. The molecule has 166 valence electrons. The number of aliphatic hydroxyl groups is 1. The molecule has 2 rings (SSSR count). The van der Waals surface area contributed by atoms with Gasteiger partial charge < -0.3 is 24.4 Å². The van der Waals surface area contributed by atoms with E-state index in [0.717, 1.165) is 24.2 Å². The second-order valence-electron chi connectivity index (χ2n) is 8.31. The number of anilines is 1. The van der Waals surface area contributed by atoms with Gasteiger partial charge in [0, 0.05) is 6.20 Å². The van der Waals surface area contributed by atoms with Crippen LogP contribution in [0.2, 0.25) is 37.3 Å². The number of ether oxygens (including phenoxy) is 1. The molecule has 0 aliphatic carbocycles. The lowest BCUT2D eigenvalue weighted by atomic mass is 10.1. The van der Waals surface area contributed by atoms with Crippen molar-refractivity contribution in [2.45, 2.75) is 89.5 Å². The number of nitrogen functional groups attached to an aromatic ring is 1. The quantitative estimate of drug-likeness (QED) is 0.535. The van der Waals surface area contributed by atoms with Crippen molar-refractivity contribution >= 4 is 22.5 Å². The summed E-state index contributed by atoms with van der Waals surface area (Å²) in [4.78, 5) is 16.1. The van der Waals surface area contributed by atoms with Gasteiger partial charge in [0.25, 0.3) is 0 Å². The zero-order valence-electron chi connectivity index (χ0n) is 18.6. The molecule has 1 saturated heterocycles. The van der Waals surface area contributed by atoms with Crippen LogP contribution in [0.3, 0.4) is 0 Å². The summed E-state index contributed by atoms with van der Waals surface area (Å²) in [6.07, 6.45) is -1.36. The van der Waals surface area contributed by atoms with Crippen molar-refractivity contribution < 1.29 is 18.7 Å². The third kappa shape index (κ3) is 5.56. The Balaban J connectivity index is 2.30. The smallest absolute Gasteiger partial charge is 0.351 e. The highest BCUT2D eigenvalue weighted by molar-refractivity contribution is 6.72. The minimum Gasteiger partial charge on any atom is -0.414 e. The highest BCUT2D eigenvalue weighted by Crippen LogP contribution is 2.35. The average Bonchev–Trinajstić information content (AvgIpc) is 3.01. The SMILES string of the molecule is CC[Si](C)(CC)OCC1OC(n2ccc(N)nc2=O)C(O)C1O[Si](C)(CC)CC. The average molecular weight is 444 g/mol. The van der Waals surface area contributed by atoms with Gasteiger partial charge >= 0.3 is 5.69 Å². The fourth-order valence-corrected chi connectivity index (χ4v) is 6.59. The number of hydrogen-bond donors (Lipinski definition) is 2. The van der Waals surface area contributed by atoms with Gasteiger partial charge in [-0.3, -0.25) is 4.57 Å². The summed E-state index contributed by atoms with van der Waals surface area (Å²) in [7, 11) is -3.81. The lowest BCUT2D eigenvalue weighted by Gasteiger charge is -2.33. The van der Waals surface area contributed by atoms with Gasteiger partial charge in [-0.15, -0.1) is 0 Å². The monoisotopic (exact) mass is 443 g/mol. The first kappa shape index (κ1) is 24.2. The molecule has 1 aliphatic rings. The van der Waals surface area contributed by atoms with E-state index in [2.05, 4.69) is 45.8 Å². The molecule has 10 heteroatoms. The molecule has 1 fully saturated rings. The van der Waals surface area contributed by atoms with Crippen LogP contribution < -0.4 is 11.4 Å². The van der Waals surface area contributed by atoms with E-state index in [4.69, 9.17) is 19.3 Å². The molecule has 0 spiro atoms. The number of nitrogens with zero attached hydrogens (tertiary/aromatic N) is 2. The van der Waals surface area contributed by atoms with Crippen LogP contribution >= 0.6 is 0 Å². The highest BCUT2D eigenvalue weighted by Gasteiger charge is 2.49.